The van der Waals surface area contributed by atoms with Crippen molar-refractivity contribution in [2.24, 2.45) is 28.6 Å². The molecule has 0 heterocycles. The van der Waals surface area contributed by atoms with E-state index in [2.05, 4.69) is 20.1 Å². The minimum absolute atomic E-state index is 0.0369. The Morgan fingerprint density at radius 1 is 1.29 bits per heavy atom. The van der Waals surface area contributed by atoms with Gasteiger partial charge in [0, 0.05) is 23.7 Å². The van der Waals surface area contributed by atoms with Gasteiger partial charge in [0.05, 0.1) is 6.10 Å². The van der Waals surface area contributed by atoms with Crippen LogP contribution in [0.4, 0.5) is 0 Å². The smallest absolute Gasteiger partial charge is 0.303 e. The van der Waals surface area contributed by atoms with Gasteiger partial charge in [-0.3, -0.25) is 14.4 Å². The summed E-state index contributed by atoms with van der Waals surface area (Å²) in [4.78, 5) is 36.3. The van der Waals surface area contributed by atoms with Crippen molar-refractivity contribution < 1.29 is 29.3 Å². The second-order valence-electron chi connectivity index (χ2n) is 10.0. The number of rotatable bonds is 3. The zero-order valence-electron chi connectivity index (χ0n) is 18.3. The van der Waals surface area contributed by atoms with E-state index in [0.717, 1.165) is 5.57 Å². The summed E-state index contributed by atoms with van der Waals surface area (Å²) in [5.41, 5.74) is -1.58. The number of allylic oxidation sites excluding steroid dienone is 4. The largest absolute Gasteiger partial charge is 0.458 e. The molecule has 1 unspecified atom stereocenters. The van der Waals surface area contributed by atoms with E-state index in [0.29, 0.717) is 18.4 Å². The number of hydrogen-bond acceptors (Lipinski definition) is 6. The summed E-state index contributed by atoms with van der Waals surface area (Å²) in [6.07, 6.45) is 5.93. The molecule has 0 amide bonds. The lowest BCUT2D eigenvalue weighted by atomic mass is 9.46. The number of esters is 1. The quantitative estimate of drug-likeness (QED) is 0.673. The first-order valence-corrected chi connectivity index (χ1v) is 10.8. The molecule has 0 aromatic rings. The molecule has 31 heavy (non-hydrogen) atoms. The molecule has 6 nitrogen and oxygen atoms in total. The summed E-state index contributed by atoms with van der Waals surface area (Å²) >= 11 is 0. The van der Waals surface area contributed by atoms with Crippen molar-refractivity contribution in [3.8, 4) is 0 Å². The van der Waals surface area contributed by atoms with Crippen LogP contribution in [0.15, 0.2) is 48.1 Å². The Bertz CT molecular complexity index is 972. The maximum Gasteiger partial charge on any atom is 0.303 e. The minimum atomic E-state index is -1.97. The standard InChI is InChI=1S/C25H30O6/c1-13-14(2)25(30,20(29)12-31-15(3)26)24(5)11-19(28)22-18(21(13)24)7-6-16-10-17(27)8-9-23(16,22)4/h8-10,18-19,21-22,28,30H,1-2,6-7,11-12H2,3-5H3/t18-,19?,21-,22+,23-,24-,25-/m0/s1. The number of ether oxygens (including phenoxy) is 1. The van der Waals surface area contributed by atoms with Gasteiger partial charge in [-0.1, -0.05) is 38.7 Å². The fraction of sp³-hybridized carbons (Fsp3) is 0.560. The zero-order chi connectivity index (χ0) is 22.9. The first-order valence-electron chi connectivity index (χ1n) is 10.8. The molecule has 4 aliphatic rings. The van der Waals surface area contributed by atoms with Crippen molar-refractivity contribution in [2.75, 3.05) is 6.61 Å². The molecule has 0 aromatic carbocycles. The Hall–Kier alpha value is -2.31. The number of carbonyl (C=O) groups is 3. The van der Waals surface area contributed by atoms with Crippen LogP contribution in [0.25, 0.3) is 0 Å². The Kier molecular flexibility index (Phi) is 4.84. The number of aliphatic hydroxyl groups is 2. The predicted molar refractivity (Wildman–Crippen MR) is 114 cm³/mol. The fourth-order valence-corrected chi connectivity index (χ4v) is 7.11. The first kappa shape index (κ1) is 21.9. The van der Waals surface area contributed by atoms with Crippen LogP contribution in [-0.4, -0.2) is 46.1 Å². The van der Waals surface area contributed by atoms with Gasteiger partial charge in [-0.05, 0) is 54.4 Å². The monoisotopic (exact) mass is 426 g/mol. The molecule has 0 radical (unpaired) electrons. The highest BCUT2D eigenvalue weighted by Gasteiger charge is 2.71. The lowest BCUT2D eigenvalue weighted by molar-refractivity contribution is -0.174. The fourth-order valence-electron chi connectivity index (χ4n) is 7.11. The van der Waals surface area contributed by atoms with Gasteiger partial charge in [-0.25, -0.2) is 0 Å². The Morgan fingerprint density at radius 3 is 2.61 bits per heavy atom. The van der Waals surface area contributed by atoms with E-state index in [1.165, 1.54) is 6.92 Å². The molecule has 3 saturated carbocycles. The molecular weight excluding hydrogens is 396 g/mol. The van der Waals surface area contributed by atoms with E-state index in [-0.39, 0.29) is 35.5 Å². The third-order valence-electron chi connectivity index (χ3n) is 8.50. The molecular formula is C25H30O6. The lowest BCUT2D eigenvalue weighted by Gasteiger charge is -2.59. The minimum Gasteiger partial charge on any atom is -0.458 e. The van der Waals surface area contributed by atoms with Crippen LogP contribution in [0.2, 0.25) is 0 Å². The van der Waals surface area contributed by atoms with Crippen molar-refractivity contribution in [3.05, 3.63) is 48.1 Å². The summed E-state index contributed by atoms with van der Waals surface area (Å²) in [5, 5.41) is 23.1. The van der Waals surface area contributed by atoms with E-state index in [9.17, 15) is 24.6 Å². The van der Waals surface area contributed by atoms with Crippen LogP contribution in [0.1, 0.15) is 40.0 Å². The predicted octanol–water partition coefficient (Wildman–Crippen LogP) is 2.46. The summed E-state index contributed by atoms with van der Waals surface area (Å²) in [6.45, 7) is 12.7. The summed E-state index contributed by atoms with van der Waals surface area (Å²) in [6, 6.07) is 0. The topological polar surface area (TPSA) is 101 Å². The highest BCUT2D eigenvalue weighted by molar-refractivity contribution is 6.01. The number of hydrogen-bond donors (Lipinski definition) is 2. The van der Waals surface area contributed by atoms with Crippen molar-refractivity contribution in [2.45, 2.75) is 51.7 Å². The van der Waals surface area contributed by atoms with E-state index < -0.39 is 40.9 Å². The number of carbonyl (C=O) groups excluding carboxylic acids is 3. The molecule has 2 N–H and O–H groups in total. The molecule has 0 bridgehead atoms. The SMILES string of the molecule is C=C1C(=C)[C@](O)(C(=O)COC(C)=O)[C@@]2(C)CC(O)[C@H]3[C@@H](CCC4=CC(=O)C=C[C@@]43C)[C@H]12. The third kappa shape index (κ3) is 2.74. The molecule has 166 valence electrons. The number of ketones is 2. The molecule has 3 fully saturated rings. The third-order valence-corrected chi connectivity index (χ3v) is 8.50. The van der Waals surface area contributed by atoms with Gasteiger partial charge in [0.1, 0.15) is 0 Å². The van der Waals surface area contributed by atoms with Gasteiger partial charge >= 0.3 is 5.97 Å². The Morgan fingerprint density at radius 2 is 1.97 bits per heavy atom. The van der Waals surface area contributed by atoms with Gasteiger partial charge in [0.2, 0.25) is 5.78 Å². The highest BCUT2D eigenvalue weighted by atomic mass is 16.5. The van der Waals surface area contributed by atoms with E-state index in [1.54, 1.807) is 19.1 Å². The van der Waals surface area contributed by atoms with Crippen molar-refractivity contribution in [1.82, 2.24) is 0 Å². The maximum atomic E-state index is 13.1. The van der Waals surface area contributed by atoms with Crippen LogP contribution in [-0.2, 0) is 19.1 Å². The second kappa shape index (κ2) is 6.84. The molecule has 0 aromatic heterocycles. The van der Waals surface area contributed by atoms with E-state index in [4.69, 9.17) is 4.74 Å². The van der Waals surface area contributed by atoms with Crippen LogP contribution in [0.3, 0.4) is 0 Å². The molecule has 0 spiro atoms. The van der Waals surface area contributed by atoms with Gasteiger partial charge in [-0.15, -0.1) is 0 Å². The average molecular weight is 427 g/mol. The number of fused-ring (bicyclic) bond motifs is 5. The lowest BCUT2D eigenvalue weighted by Crippen LogP contribution is -2.62. The second-order valence-corrected chi connectivity index (χ2v) is 10.0. The summed E-state index contributed by atoms with van der Waals surface area (Å²) in [7, 11) is 0. The van der Waals surface area contributed by atoms with Gasteiger partial charge in [0.15, 0.2) is 18.0 Å². The van der Waals surface area contributed by atoms with Gasteiger partial charge in [-0.2, -0.15) is 0 Å². The number of aliphatic hydroxyl groups excluding tert-OH is 1. The summed E-state index contributed by atoms with van der Waals surface area (Å²) < 4.78 is 4.89. The normalized spacial score (nSPS) is 43.6. The van der Waals surface area contributed by atoms with Crippen molar-refractivity contribution >= 4 is 17.5 Å². The maximum absolute atomic E-state index is 13.1. The van der Waals surface area contributed by atoms with Crippen molar-refractivity contribution in [3.63, 3.8) is 0 Å². The van der Waals surface area contributed by atoms with Crippen molar-refractivity contribution in [1.29, 1.82) is 0 Å². The first-order chi connectivity index (χ1) is 14.4. The Labute approximate surface area is 182 Å². The van der Waals surface area contributed by atoms with Crippen LogP contribution < -0.4 is 0 Å². The molecule has 6 heteroatoms. The van der Waals surface area contributed by atoms with Crippen LogP contribution in [0, 0.1) is 28.6 Å². The van der Waals surface area contributed by atoms with Gasteiger partial charge < -0.3 is 14.9 Å². The summed E-state index contributed by atoms with van der Waals surface area (Å²) in [5.74, 6) is -1.77. The molecule has 4 rings (SSSR count). The molecule has 7 atom stereocenters. The Balaban J connectivity index is 1.77. The highest BCUT2D eigenvalue weighted by Crippen LogP contribution is 2.69. The number of Topliss-reactive ketones (excluding diaryl/α,β-unsaturated/α-hetero) is 1. The zero-order valence-corrected chi connectivity index (χ0v) is 18.3. The van der Waals surface area contributed by atoms with Crippen LogP contribution >= 0.6 is 0 Å². The van der Waals surface area contributed by atoms with E-state index in [1.807, 2.05) is 6.08 Å². The average Bonchev–Trinajstić information content (AvgIpc) is 2.84. The molecule has 0 saturated heterocycles. The molecule has 4 aliphatic carbocycles. The molecule has 0 aliphatic heterocycles. The van der Waals surface area contributed by atoms with Gasteiger partial charge in [0.25, 0.3) is 0 Å². The van der Waals surface area contributed by atoms with E-state index >= 15 is 0 Å². The van der Waals surface area contributed by atoms with Crippen LogP contribution in [0.5, 0.6) is 0 Å².